The molecule has 74 valence electrons. The second-order valence-corrected chi connectivity index (χ2v) is 5.43. The van der Waals surface area contributed by atoms with E-state index in [0.717, 1.165) is 0 Å². The highest BCUT2D eigenvalue weighted by molar-refractivity contribution is 9.10. The number of hydrogen-bond acceptors (Lipinski definition) is 2. The fourth-order valence-electron chi connectivity index (χ4n) is 0.963. The van der Waals surface area contributed by atoms with E-state index in [4.69, 9.17) is 5.26 Å². The Kier molecular flexibility index (Phi) is 3.97. The molecule has 0 bridgehead atoms. The third-order valence-corrected chi connectivity index (χ3v) is 3.35. The number of thioether (sulfide) groups is 1. The molecule has 0 amide bonds. The summed E-state index contributed by atoms with van der Waals surface area (Å²) < 4.78 is 13.8. The Morgan fingerprint density at radius 1 is 1.50 bits per heavy atom. The van der Waals surface area contributed by atoms with Crippen LogP contribution in [0.3, 0.4) is 0 Å². The molecule has 0 aromatic heterocycles. The van der Waals surface area contributed by atoms with E-state index in [1.54, 1.807) is 12.1 Å². The topological polar surface area (TPSA) is 23.8 Å². The van der Waals surface area contributed by atoms with Gasteiger partial charge < -0.3 is 0 Å². The van der Waals surface area contributed by atoms with Gasteiger partial charge in [0.2, 0.25) is 0 Å². The molecule has 1 rings (SSSR count). The van der Waals surface area contributed by atoms with Gasteiger partial charge in [0.05, 0.1) is 10.0 Å². The summed E-state index contributed by atoms with van der Waals surface area (Å²) in [6.07, 6.45) is 0. The van der Waals surface area contributed by atoms with Gasteiger partial charge >= 0.3 is 0 Å². The lowest BCUT2D eigenvalue weighted by Gasteiger charge is -2.07. The third kappa shape index (κ3) is 2.49. The maximum atomic E-state index is 13.6. The van der Waals surface area contributed by atoms with Crippen molar-refractivity contribution in [2.75, 3.05) is 0 Å². The largest absolute Gasteiger partial charge is 0.204 e. The Morgan fingerprint density at radius 3 is 2.64 bits per heavy atom. The average Bonchev–Trinajstić information content (AvgIpc) is 2.13. The van der Waals surface area contributed by atoms with Crippen molar-refractivity contribution < 1.29 is 4.39 Å². The summed E-state index contributed by atoms with van der Waals surface area (Å²) in [5.41, 5.74) is 0.329. The summed E-state index contributed by atoms with van der Waals surface area (Å²) in [4.78, 5) is 0.575. The lowest BCUT2D eigenvalue weighted by Crippen LogP contribution is -1.92. The van der Waals surface area contributed by atoms with Crippen LogP contribution in [0.4, 0.5) is 4.39 Å². The molecule has 4 heteroatoms. The predicted molar refractivity (Wildman–Crippen MR) is 59.8 cm³/mol. The minimum atomic E-state index is -0.345. The van der Waals surface area contributed by atoms with Gasteiger partial charge in [0.1, 0.15) is 6.07 Å². The van der Waals surface area contributed by atoms with Gasteiger partial charge in [-0.25, -0.2) is 4.39 Å². The van der Waals surface area contributed by atoms with Crippen molar-refractivity contribution in [1.29, 1.82) is 5.26 Å². The van der Waals surface area contributed by atoms with Crippen molar-refractivity contribution in [2.24, 2.45) is 0 Å². The summed E-state index contributed by atoms with van der Waals surface area (Å²) in [6, 6.07) is 5.19. The first kappa shape index (κ1) is 11.5. The smallest absolute Gasteiger partial charge is 0.152 e. The molecule has 0 N–H and O–H groups in total. The molecule has 1 nitrogen and oxygen atoms in total. The van der Waals surface area contributed by atoms with E-state index in [0.29, 0.717) is 15.7 Å². The van der Waals surface area contributed by atoms with E-state index in [1.165, 1.54) is 11.8 Å². The molecule has 0 unspecified atom stereocenters. The Balaban J connectivity index is 3.12. The Bertz CT molecular complexity index is 384. The first-order valence-corrected chi connectivity index (χ1v) is 5.78. The Labute approximate surface area is 95.4 Å². The highest BCUT2D eigenvalue weighted by Crippen LogP contribution is 2.31. The molecule has 0 spiro atoms. The Morgan fingerprint density at radius 2 is 2.14 bits per heavy atom. The number of rotatable bonds is 2. The minimum Gasteiger partial charge on any atom is -0.204 e. The van der Waals surface area contributed by atoms with Crippen LogP contribution in [0.5, 0.6) is 0 Å². The normalized spacial score (nSPS) is 10.3. The summed E-state index contributed by atoms with van der Waals surface area (Å²) in [6.45, 7) is 3.99. The van der Waals surface area contributed by atoms with Gasteiger partial charge in [-0.3, -0.25) is 0 Å². The number of nitriles is 1. The molecular formula is C10H9BrFNS. The number of nitrogens with zero attached hydrogens (tertiary/aromatic N) is 1. The molecule has 0 heterocycles. The average molecular weight is 274 g/mol. The van der Waals surface area contributed by atoms with Crippen LogP contribution in [-0.4, -0.2) is 5.25 Å². The molecule has 0 aliphatic carbocycles. The zero-order valence-corrected chi connectivity index (χ0v) is 10.2. The second kappa shape index (κ2) is 4.81. The summed E-state index contributed by atoms with van der Waals surface area (Å²) >= 11 is 4.51. The first-order chi connectivity index (χ1) is 6.56. The standard InChI is InChI=1S/C10H9BrFNS/c1-6(2)14-8-4-3-7(5-13)9(11)10(8)12/h3-4,6H,1-2H3. The fourth-order valence-corrected chi connectivity index (χ4v) is 2.39. The highest BCUT2D eigenvalue weighted by Gasteiger charge is 2.12. The van der Waals surface area contributed by atoms with Crippen LogP contribution in [0.2, 0.25) is 0 Å². The maximum Gasteiger partial charge on any atom is 0.152 e. The zero-order valence-electron chi connectivity index (χ0n) is 7.84. The van der Waals surface area contributed by atoms with E-state index in [2.05, 4.69) is 15.9 Å². The maximum absolute atomic E-state index is 13.6. The highest BCUT2D eigenvalue weighted by atomic mass is 79.9. The molecule has 0 radical (unpaired) electrons. The molecule has 14 heavy (non-hydrogen) atoms. The summed E-state index contributed by atoms with van der Waals surface area (Å²) in [5, 5.41) is 8.99. The molecule has 0 saturated carbocycles. The molecule has 0 saturated heterocycles. The van der Waals surface area contributed by atoms with E-state index >= 15 is 0 Å². The van der Waals surface area contributed by atoms with E-state index < -0.39 is 0 Å². The lowest BCUT2D eigenvalue weighted by atomic mass is 10.2. The van der Waals surface area contributed by atoms with Crippen LogP contribution in [0.1, 0.15) is 19.4 Å². The van der Waals surface area contributed by atoms with Crippen LogP contribution in [0.25, 0.3) is 0 Å². The first-order valence-electron chi connectivity index (χ1n) is 4.11. The van der Waals surface area contributed by atoms with E-state index in [1.807, 2.05) is 19.9 Å². The Hall–Kier alpha value is -0.530. The quantitative estimate of drug-likeness (QED) is 0.762. The van der Waals surface area contributed by atoms with Gasteiger partial charge in [-0.1, -0.05) is 13.8 Å². The number of halogens is 2. The van der Waals surface area contributed by atoms with Crippen LogP contribution in [0.15, 0.2) is 21.5 Å². The molecular weight excluding hydrogens is 265 g/mol. The van der Waals surface area contributed by atoms with Gasteiger partial charge in [0.15, 0.2) is 5.82 Å². The van der Waals surface area contributed by atoms with Gasteiger partial charge in [-0.2, -0.15) is 5.26 Å². The number of benzene rings is 1. The SMILES string of the molecule is CC(C)Sc1ccc(C#N)c(Br)c1F. The zero-order chi connectivity index (χ0) is 10.7. The van der Waals surface area contributed by atoms with Gasteiger partial charge in [0, 0.05) is 10.1 Å². The number of hydrogen-bond donors (Lipinski definition) is 0. The van der Waals surface area contributed by atoms with E-state index in [9.17, 15) is 4.39 Å². The monoisotopic (exact) mass is 273 g/mol. The van der Waals surface area contributed by atoms with Crippen molar-refractivity contribution in [1.82, 2.24) is 0 Å². The van der Waals surface area contributed by atoms with Crippen molar-refractivity contribution >= 4 is 27.7 Å². The van der Waals surface area contributed by atoms with Crippen molar-refractivity contribution in [3.63, 3.8) is 0 Å². The minimum absolute atomic E-state index is 0.255. The summed E-state index contributed by atoms with van der Waals surface area (Å²) in [5.74, 6) is -0.345. The van der Waals surface area contributed by atoms with Crippen molar-refractivity contribution in [3.8, 4) is 6.07 Å². The third-order valence-electron chi connectivity index (χ3n) is 1.53. The molecule has 1 aromatic rings. The van der Waals surface area contributed by atoms with Crippen LogP contribution in [0, 0.1) is 17.1 Å². The fraction of sp³-hybridized carbons (Fsp3) is 0.300. The van der Waals surface area contributed by atoms with Gasteiger partial charge in [-0.15, -0.1) is 11.8 Å². The van der Waals surface area contributed by atoms with Crippen LogP contribution >= 0.6 is 27.7 Å². The van der Waals surface area contributed by atoms with Crippen LogP contribution in [-0.2, 0) is 0 Å². The molecule has 0 atom stereocenters. The second-order valence-electron chi connectivity index (χ2n) is 3.02. The summed E-state index contributed by atoms with van der Waals surface area (Å²) in [7, 11) is 0. The molecule has 0 aliphatic rings. The van der Waals surface area contributed by atoms with Crippen molar-refractivity contribution in [3.05, 3.63) is 28.0 Å². The molecule has 0 fully saturated rings. The van der Waals surface area contributed by atoms with Gasteiger partial charge in [-0.05, 0) is 28.1 Å². The van der Waals surface area contributed by atoms with Crippen LogP contribution < -0.4 is 0 Å². The lowest BCUT2D eigenvalue weighted by molar-refractivity contribution is 0.594. The molecule has 1 aromatic carbocycles. The predicted octanol–water partition coefficient (Wildman–Crippen LogP) is 3.96. The van der Waals surface area contributed by atoms with Gasteiger partial charge in [0.25, 0.3) is 0 Å². The molecule has 0 aliphatic heterocycles. The van der Waals surface area contributed by atoms with E-state index in [-0.39, 0.29) is 10.3 Å². The van der Waals surface area contributed by atoms with Crippen molar-refractivity contribution in [2.45, 2.75) is 24.0 Å².